The van der Waals surface area contributed by atoms with E-state index in [1.165, 1.54) is 28.3 Å². The van der Waals surface area contributed by atoms with Crippen LogP contribution in [0.25, 0.3) is 0 Å². The molecule has 160 valence electrons. The molecule has 1 fully saturated rings. The lowest BCUT2D eigenvalue weighted by molar-refractivity contribution is -0.121. The molecule has 1 saturated heterocycles. The normalized spacial score (nSPS) is 15.6. The number of carbonyl (C=O) groups excluding carboxylic acids is 2. The lowest BCUT2D eigenvalue weighted by Crippen LogP contribution is -2.41. The standard InChI is InChI=1S/C21H24ClN3O4S/c1-15(26)24(2)19-7-5-18(6-8-19)23-21(27)16-11-13-25(14-12-16)30(28,29)20-9-3-17(22)4-10-20/h3-10,16H,11-14H2,1-2H3,(H,23,27). The number of benzene rings is 2. The highest BCUT2D eigenvalue weighted by molar-refractivity contribution is 7.89. The fourth-order valence-electron chi connectivity index (χ4n) is 3.31. The summed E-state index contributed by atoms with van der Waals surface area (Å²) in [5.41, 5.74) is 1.37. The Hall–Kier alpha value is -2.42. The van der Waals surface area contributed by atoms with Crippen LogP contribution < -0.4 is 10.2 Å². The van der Waals surface area contributed by atoms with E-state index in [1.807, 2.05) is 0 Å². The van der Waals surface area contributed by atoms with Crippen molar-refractivity contribution in [1.82, 2.24) is 4.31 Å². The third-order valence-electron chi connectivity index (χ3n) is 5.27. The van der Waals surface area contributed by atoms with E-state index in [0.717, 1.165) is 5.69 Å². The predicted molar refractivity (Wildman–Crippen MR) is 117 cm³/mol. The molecule has 0 spiro atoms. The van der Waals surface area contributed by atoms with Gasteiger partial charge in [-0.05, 0) is 61.4 Å². The Labute approximate surface area is 181 Å². The van der Waals surface area contributed by atoms with Crippen molar-refractivity contribution in [3.05, 3.63) is 53.6 Å². The third-order valence-corrected chi connectivity index (χ3v) is 7.44. The minimum absolute atomic E-state index is 0.0768. The number of amides is 2. The molecule has 0 unspecified atom stereocenters. The van der Waals surface area contributed by atoms with Gasteiger partial charge in [0.05, 0.1) is 4.90 Å². The summed E-state index contributed by atoms with van der Waals surface area (Å²) in [5.74, 6) is -0.473. The largest absolute Gasteiger partial charge is 0.326 e. The van der Waals surface area contributed by atoms with E-state index in [-0.39, 0.29) is 35.7 Å². The topological polar surface area (TPSA) is 86.8 Å². The Morgan fingerprint density at radius 2 is 1.60 bits per heavy atom. The van der Waals surface area contributed by atoms with E-state index >= 15 is 0 Å². The van der Waals surface area contributed by atoms with Gasteiger partial charge in [0, 0.05) is 49.4 Å². The van der Waals surface area contributed by atoms with Gasteiger partial charge in [-0.25, -0.2) is 8.42 Å². The molecule has 1 aliphatic rings. The highest BCUT2D eigenvalue weighted by Gasteiger charge is 2.32. The summed E-state index contributed by atoms with van der Waals surface area (Å²) in [6.45, 7) is 2.05. The van der Waals surface area contributed by atoms with Crippen molar-refractivity contribution in [3.63, 3.8) is 0 Å². The molecular formula is C21H24ClN3O4S. The molecule has 0 aliphatic carbocycles. The number of halogens is 1. The molecule has 0 radical (unpaired) electrons. The summed E-state index contributed by atoms with van der Waals surface area (Å²) in [7, 11) is -1.91. The van der Waals surface area contributed by atoms with Gasteiger partial charge in [0.2, 0.25) is 21.8 Å². The average molecular weight is 450 g/mol. The quantitative estimate of drug-likeness (QED) is 0.758. The van der Waals surface area contributed by atoms with Crippen LogP contribution in [0.5, 0.6) is 0 Å². The summed E-state index contributed by atoms with van der Waals surface area (Å²) in [4.78, 5) is 25.7. The van der Waals surface area contributed by atoms with E-state index < -0.39 is 10.0 Å². The fourth-order valence-corrected chi connectivity index (χ4v) is 4.90. The van der Waals surface area contributed by atoms with Gasteiger partial charge < -0.3 is 10.2 Å². The molecule has 30 heavy (non-hydrogen) atoms. The first-order chi connectivity index (χ1) is 14.2. The maximum absolute atomic E-state index is 12.8. The maximum Gasteiger partial charge on any atom is 0.243 e. The highest BCUT2D eigenvalue weighted by Crippen LogP contribution is 2.26. The van der Waals surface area contributed by atoms with Crippen molar-refractivity contribution in [1.29, 1.82) is 0 Å². The van der Waals surface area contributed by atoms with Crippen molar-refractivity contribution in [2.24, 2.45) is 5.92 Å². The number of rotatable bonds is 5. The average Bonchev–Trinajstić information content (AvgIpc) is 2.74. The van der Waals surface area contributed by atoms with Crippen LogP contribution in [0.3, 0.4) is 0 Å². The Morgan fingerprint density at radius 3 is 2.13 bits per heavy atom. The number of hydrogen-bond donors (Lipinski definition) is 1. The van der Waals surface area contributed by atoms with Crippen molar-refractivity contribution in [2.75, 3.05) is 30.4 Å². The van der Waals surface area contributed by atoms with Gasteiger partial charge in [0.1, 0.15) is 0 Å². The molecule has 1 aliphatic heterocycles. The van der Waals surface area contributed by atoms with Gasteiger partial charge in [-0.3, -0.25) is 9.59 Å². The number of nitrogens with one attached hydrogen (secondary N) is 1. The number of piperidine rings is 1. The smallest absolute Gasteiger partial charge is 0.243 e. The summed E-state index contributed by atoms with van der Waals surface area (Å²) in [6.07, 6.45) is 0.896. The molecule has 1 heterocycles. The number of hydrogen-bond acceptors (Lipinski definition) is 4. The molecule has 0 atom stereocenters. The SMILES string of the molecule is CC(=O)N(C)c1ccc(NC(=O)C2CCN(S(=O)(=O)c3ccc(Cl)cc3)CC2)cc1. The molecule has 0 saturated carbocycles. The van der Waals surface area contributed by atoms with E-state index in [4.69, 9.17) is 11.6 Å². The first-order valence-corrected chi connectivity index (χ1v) is 11.4. The van der Waals surface area contributed by atoms with Gasteiger partial charge in [0.15, 0.2) is 0 Å². The number of carbonyl (C=O) groups is 2. The molecule has 0 bridgehead atoms. The van der Waals surface area contributed by atoms with Gasteiger partial charge in [-0.15, -0.1) is 0 Å². The molecule has 3 rings (SSSR count). The van der Waals surface area contributed by atoms with Crippen molar-refractivity contribution in [3.8, 4) is 0 Å². The minimum Gasteiger partial charge on any atom is -0.326 e. The third kappa shape index (κ3) is 5.00. The number of nitrogens with zero attached hydrogens (tertiary/aromatic N) is 2. The number of sulfonamides is 1. The molecule has 2 amide bonds. The second-order valence-electron chi connectivity index (χ2n) is 7.25. The van der Waals surface area contributed by atoms with E-state index in [0.29, 0.717) is 23.6 Å². The van der Waals surface area contributed by atoms with E-state index in [9.17, 15) is 18.0 Å². The Morgan fingerprint density at radius 1 is 1.03 bits per heavy atom. The van der Waals surface area contributed by atoms with Crippen molar-refractivity contribution >= 4 is 44.8 Å². The van der Waals surface area contributed by atoms with Crippen molar-refractivity contribution < 1.29 is 18.0 Å². The Balaban J connectivity index is 1.57. The predicted octanol–water partition coefficient (Wildman–Crippen LogP) is 3.36. The fraction of sp³-hybridized carbons (Fsp3) is 0.333. The number of anilines is 2. The van der Waals surface area contributed by atoms with E-state index in [1.54, 1.807) is 43.4 Å². The lowest BCUT2D eigenvalue weighted by Gasteiger charge is -2.30. The van der Waals surface area contributed by atoms with E-state index in [2.05, 4.69) is 5.32 Å². The van der Waals surface area contributed by atoms with Crippen molar-refractivity contribution in [2.45, 2.75) is 24.7 Å². The van der Waals surface area contributed by atoms with Crippen LogP contribution in [-0.4, -0.2) is 44.7 Å². The lowest BCUT2D eigenvalue weighted by atomic mass is 9.97. The first kappa shape index (κ1) is 22.3. The molecule has 9 heteroatoms. The summed E-state index contributed by atoms with van der Waals surface area (Å²) >= 11 is 5.84. The zero-order valence-electron chi connectivity index (χ0n) is 16.8. The van der Waals surface area contributed by atoms with Gasteiger partial charge in [-0.1, -0.05) is 11.6 Å². The van der Waals surface area contributed by atoms with Crippen LogP contribution in [0.2, 0.25) is 5.02 Å². The van der Waals surface area contributed by atoms with Crippen LogP contribution in [-0.2, 0) is 19.6 Å². The van der Waals surface area contributed by atoms with Crippen LogP contribution >= 0.6 is 11.6 Å². The van der Waals surface area contributed by atoms with Gasteiger partial charge in [0.25, 0.3) is 0 Å². The molecular weight excluding hydrogens is 426 g/mol. The highest BCUT2D eigenvalue weighted by atomic mass is 35.5. The van der Waals surface area contributed by atoms with Gasteiger partial charge >= 0.3 is 0 Å². The molecule has 1 N–H and O–H groups in total. The first-order valence-electron chi connectivity index (χ1n) is 9.59. The van der Waals surface area contributed by atoms with Crippen LogP contribution in [0.15, 0.2) is 53.4 Å². The Bertz CT molecular complexity index is 1020. The summed E-state index contributed by atoms with van der Waals surface area (Å²) in [5, 5.41) is 3.35. The second kappa shape index (κ2) is 9.16. The Kier molecular flexibility index (Phi) is 6.80. The maximum atomic E-state index is 12.8. The minimum atomic E-state index is -3.60. The summed E-state index contributed by atoms with van der Waals surface area (Å²) in [6, 6.07) is 13.1. The zero-order chi connectivity index (χ0) is 21.9. The molecule has 2 aromatic rings. The molecule has 0 aromatic heterocycles. The second-order valence-corrected chi connectivity index (χ2v) is 9.62. The summed E-state index contributed by atoms with van der Waals surface area (Å²) < 4.78 is 26.9. The zero-order valence-corrected chi connectivity index (χ0v) is 18.4. The monoisotopic (exact) mass is 449 g/mol. The molecule has 2 aromatic carbocycles. The van der Waals surface area contributed by atoms with Crippen LogP contribution in [0.4, 0.5) is 11.4 Å². The van der Waals surface area contributed by atoms with Crippen LogP contribution in [0.1, 0.15) is 19.8 Å². The molecule has 7 nitrogen and oxygen atoms in total. The van der Waals surface area contributed by atoms with Crippen LogP contribution in [0, 0.1) is 5.92 Å². The van der Waals surface area contributed by atoms with Gasteiger partial charge in [-0.2, -0.15) is 4.31 Å².